The minimum Gasteiger partial charge on any atom is -0.467 e. The highest BCUT2D eigenvalue weighted by Crippen LogP contribution is 2.60. The van der Waals surface area contributed by atoms with Crippen molar-refractivity contribution < 1.29 is 17.0 Å². The number of ether oxygens (including phenoxy) is 3. The summed E-state index contributed by atoms with van der Waals surface area (Å²) in [5, 5.41) is 2.22. The molecule has 0 radical (unpaired) electrons. The molecule has 2 aliphatic heterocycles. The van der Waals surface area contributed by atoms with Crippen LogP contribution in [0.15, 0.2) is 71.9 Å². The molecule has 0 saturated heterocycles. The summed E-state index contributed by atoms with van der Waals surface area (Å²) in [6, 6.07) is 21.0. The van der Waals surface area contributed by atoms with E-state index < -0.39 is 22.9 Å². The first kappa shape index (κ1) is 31.4. The fourth-order valence-electron chi connectivity index (χ4n) is 8.68. The van der Waals surface area contributed by atoms with Crippen LogP contribution in [0.5, 0.6) is 23.0 Å². The molecule has 270 valence electrons. The molecule has 2 aromatic heterocycles. The molecule has 0 unspecified atom stereocenters. The third-order valence-corrected chi connectivity index (χ3v) is 11.7. The van der Waals surface area contributed by atoms with E-state index in [4.69, 9.17) is 24.2 Å². The predicted molar refractivity (Wildman–Crippen MR) is 215 cm³/mol. The number of pyridine rings is 1. The molecule has 6 aromatic rings. The molecule has 4 heterocycles. The molecular formula is C47H49N3O3. The Morgan fingerprint density at radius 1 is 0.792 bits per heavy atom. The fourth-order valence-corrected chi connectivity index (χ4v) is 8.68. The number of rotatable bonds is 3. The van der Waals surface area contributed by atoms with Gasteiger partial charge in [-0.15, -0.1) is 0 Å². The summed E-state index contributed by atoms with van der Waals surface area (Å²) in [6.45, 7) is 25.1. The summed E-state index contributed by atoms with van der Waals surface area (Å²) < 4.78 is 42.2. The lowest BCUT2D eigenvalue weighted by atomic mass is 9.66. The van der Waals surface area contributed by atoms with Gasteiger partial charge in [0.25, 0.3) is 0 Å². The largest absolute Gasteiger partial charge is 0.467 e. The molecule has 0 spiro atoms. The van der Waals surface area contributed by atoms with Gasteiger partial charge in [-0.3, -0.25) is 4.57 Å². The van der Waals surface area contributed by atoms with Crippen molar-refractivity contribution >= 4 is 27.7 Å². The van der Waals surface area contributed by atoms with Crippen molar-refractivity contribution in [2.45, 2.75) is 106 Å². The highest BCUT2D eigenvalue weighted by molar-refractivity contribution is 6.12. The molecule has 53 heavy (non-hydrogen) atoms. The number of hydrogen-bond donors (Lipinski definition) is 0. The zero-order valence-corrected chi connectivity index (χ0v) is 32.9. The Morgan fingerprint density at radius 3 is 2.26 bits per heavy atom. The van der Waals surface area contributed by atoms with Crippen LogP contribution in [-0.4, -0.2) is 21.0 Å². The molecule has 0 saturated carbocycles. The van der Waals surface area contributed by atoms with Gasteiger partial charge in [0.2, 0.25) is 5.90 Å². The Kier molecular flexibility index (Phi) is 6.37. The Hall–Kier alpha value is -5.10. The van der Waals surface area contributed by atoms with Gasteiger partial charge in [-0.2, -0.15) is 0 Å². The van der Waals surface area contributed by atoms with Crippen molar-refractivity contribution in [2.75, 3.05) is 0 Å². The molecule has 6 nitrogen and oxygen atoms in total. The van der Waals surface area contributed by atoms with Crippen molar-refractivity contribution in [1.82, 2.24) is 9.55 Å². The fraction of sp³-hybridized carbons (Fsp3) is 0.362. The number of nitrogens with zero attached hydrogens (tertiary/aromatic N) is 3. The molecule has 0 amide bonds. The minimum absolute atomic E-state index is 0.227. The molecule has 0 fully saturated rings. The molecule has 3 aliphatic rings. The third kappa shape index (κ3) is 4.76. The van der Waals surface area contributed by atoms with Gasteiger partial charge in [0.15, 0.2) is 17.3 Å². The summed E-state index contributed by atoms with van der Waals surface area (Å²) in [7, 11) is 0. The van der Waals surface area contributed by atoms with Crippen LogP contribution in [0.4, 0.5) is 0 Å². The molecule has 0 N–H and O–H groups in total. The zero-order chi connectivity index (χ0) is 39.4. The number of hydrogen-bond acceptors (Lipinski definition) is 5. The molecular weight excluding hydrogens is 655 g/mol. The van der Waals surface area contributed by atoms with Gasteiger partial charge in [0.05, 0.1) is 11.0 Å². The summed E-state index contributed by atoms with van der Waals surface area (Å²) >= 11 is 0. The quantitative estimate of drug-likeness (QED) is 0.184. The van der Waals surface area contributed by atoms with Crippen molar-refractivity contribution in [3.63, 3.8) is 0 Å². The molecule has 2 atom stereocenters. The van der Waals surface area contributed by atoms with E-state index in [1.807, 2.05) is 45.2 Å². The second-order valence-corrected chi connectivity index (χ2v) is 17.8. The monoisotopic (exact) mass is 705 g/mol. The number of aromatic nitrogens is 2. The van der Waals surface area contributed by atoms with E-state index in [0.717, 1.165) is 89.4 Å². The van der Waals surface area contributed by atoms with Gasteiger partial charge in [0, 0.05) is 43.1 Å². The van der Waals surface area contributed by atoms with Crippen LogP contribution in [0, 0.1) is 40.0 Å². The number of benzene rings is 4. The van der Waals surface area contributed by atoms with E-state index in [1.54, 1.807) is 0 Å². The Balaban J connectivity index is 1.21. The summed E-state index contributed by atoms with van der Waals surface area (Å²) in [4.78, 5) is 10.2. The normalized spacial score (nSPS) is 21.7. The first-order valence-corrected chi connectivity index (χ1v) is 18.6. The average Bonchev–Trinajstić information content (AvgIpc) is 3.63. The molecule has 1 aliphatic carbocycles. The maximum atomic E-state index is 9.75. The maximum absolute atomic E-state index is 9.75. The molecule has 0 bridgehead atoms. The lowest BCUT2D eigenvalue weighted by Gasteiger charge is -2.45. The van der Waals surface area contributed by atoms with E-state index in [-0.39, 0.29) is 5.41 Å². The van der Waals surface area contributed by atoms with Gasteiger partial charge >= 0.3 is 0 Å². The van der Waals surface area contributed by atoms with Gasteiger partial charge in [0.1, 0.15) is 22.6 Å². The van der Waals surface area contributed by atoms with Crippen LogP contribution < -0.4 is 9.47 Å². The predicted octanol–water partition coefficient (Wildman–Crippen LogP) is 11.9. The Morgan fingerprint density at radius 2 is 1.53 bits per heavy atom. The van der Waals surface area contributed by atoms with Crippen LogP contribution in [0.25, 0.3) is 27.6 Å². The maximum Gasteiger partial charge on any atom is 0.217 e. The summed E-state index contributed by atoms with van der Waals surface area (Å²) in [5.41, 5.74) is 7.54. The van der Waals surface area contributed by atoms with E-state index in [2.05, 4.69) is 109 Å². The Bertz CT molecular complexity index is 2710. The van der Waals surface area contributed by atoms with Crippen LogP contribution in [0.2, 0.25) is 0 Å². The smallest absolute Gasteiger partial charge is 0.217 e. The lowest BCUT2D eigenvalue weighted by molar-refractivity contribution is -0.0673. The molecule has 6 heteroatoms. The van der Waals surface area contributed by atoms with Crippen molar-refractivity contribution in [3.05, 3.63) is 117 Å². The van der Waals surface area contributed by atoms with Crippen LogP contribution in [-0.2, 0) is 22.1 Å². The average molecular weight is 706 g/mol. The van der Waals surface area contributed by atoms with E-state index in [0.29, 0.717) is 17.2 Å². The first-order chi connectivity index (χ1) is 25.6. The summed E-state index contributed by atoms with van der Waals surface area (Å²) in [5.74, 6) is 4.10. The van der Waals surface area contributed by atoms with Gasteiger partial charge in [-0.05, 0) is 134 Å². The summed E-state index contributed by atoms with van der Waals surface area (Å²) in [6.07, 6.45) is 0.0614. The standard InChI is InChI=1S/C47H49N3O3/c1-25-13-35-34-17-29(5)38(22-37(34)50-41(35)39(14-25)52-40-15-26(2)24-48-42(40)50)51-33-20-30(19-32(21-33)44(6,7)8)43-49-46(12)36-18-28(4)27(3)16-31(36)23-47(46,53-43)45(9,10)11/h13-22,24H,23H2,1-12H3/t46-,47-/m1/s1/i23D2. The lowest BCUT2D eigenvalue weighted by Crippen LogP contribution is -2.54. The van der Waals surface area contributed by atoms with Gasteiger partial charge in [-0.1, -0.05) is 53.7 Å². The van der Waals surface area contributed by atoms with E-state index >= 15 is 0 Å². The van der Waals surface area contributed by atoms with Crippen LogP contribution in [0.1, 0.15) is 101 Å². The number of fused-ring (bicyclic) bond motifs is 8. The third-order valence-electron chi connectivity index (χ3n) is 11.7. The molecule has 9 rings (SSSR count). The second-order valence-electron chi connectivity index (χ2n) is 17.8. The van der Waals surface area contributed by atoms with E-state index in [9.17, 15) is 2.74 Å². The van der Waals surface area contributed by atoms with Gasteiger partial charge < -0.3 is 14.2 Å². The second kappa shape index (κ2) is 10.7. The number of aliphatic imine (C=N–C) groups is 1. The van der Waals surface area contributed by atoms with Crippen molar-refractivity contribution in [3.8, 4) is 28.8 Å². The first-order valence-electron chi connectivity index (χ1n) is 19.6. The molecule has 4 aromatic carbocycles. The Labute approximate surface area is 315 Å². The minimum atomic E-state index is -1.82. The topological polar surface area (TPSA) is 57.9 Å². The van der Waals surface area contributed by atoms with Crippen LogP contribution in [0.3, 0.4) is 0 Å². The van der Waals surface area contributed by atoms with Crippen molar-refractivity contribution in [1.29, 1.82) is 0 Å². The van der Waals surface area contributed by atoms with E-state index in [1.165, 1.54) is 0 Å². The highest BCUT2D eigenvalue weighted by atomic mass is 16.5. The zero-order valence-electron chi connectivity index (χ0n) is 34.9. The van der Waals surface area contributed by atoms with Crippen LogP contribution >= 0.6 is 0 Å². The number of aryl methyl sites for hydroxylation is 5. The highest BCUT2D eigenvalue weighted by Gasteiger charge is 2.66. The van der Waals surface area contributed by atoms with Gasteiger partial charge in [-0.25, -0.2) is 9.98 Å². The van der Waals surface area contributed by atoms with Crippen molar-refractivity contribution in [2.24, 2.45) is 10.4 Å². The SMILES string of the molecule is [2H]C1([2H])c2cc(C)c(C)cc2[C@@]2(C)N=C(c3cc(Oc4cc5c(cc4C)c4cc(C)cc6c4n5-c4ncc(C)cc4O6)cc(C(C)(C)C)c3)O[C@@]12C(C)(C)C.